The summed E-state index contributed by atoms with van der Waals surface area (Å²) in [6, 6.07) is 2.91. The van der Waals surface area contributed by atoms with Gasteiger partial charge in [-0.05, 0) is 125 Å². The molecule has 6 heterocycles. The molecule has 3 aliphatic heterocycles. The predicted molar refractivity (Wildman–Crippen MR) is 220 cm³/mol. The van der Waals surface area contributed by atoms with E-state index in [2.05, 4.69) is 42.2 Å². The molecule has 312 valence electrons. The van der Waals surface area contributed by atoms with Gasteiger partial charge in [0.2, 0.25) is 17.8 Å². The lowest BCUT2D eigenvalue weighted by atomic mass is 9.85. The minimum absolute atomic E-state index is 0.145. The number of carbonyl (C=O) groups excluding carboxylic acids is 3. The van der Waals surface area contributed by atoms with Crippen molar-refractivity contribution in [2.24, 2.45) is 13.0 Å². The number of aryl methyl sites for hydroxylation is 2. The molecule has 3 N–H and O–H groups in total. The van der Waals surface area contributed by atoms with Crippen LogP contribution in [0.2, 0.25) is 5.02 Å². The normalized spacial score (nSPS) is 22.9. The minimum atomic E-state index is -0.711. The Morgan fingerprint density at radius 1 is 0.915 bits per heavy atom. The summed E-state index contributed by atoms with van der Waals surface area (Å²) in [5, 5.41) is 19.4. The molecule has 16 heteroatoms. The third-order valence-electron chi connectivity index (χ3n) is 13.1. The maximum absolute atomic E-state index is 14.8. The first-order valence-electron chi connectivity index (χ1n) is 21.4. The van der Waals surface area contributed by atoms with Gasteiger partial charge in [0.1, 0.15) is 11.9 Å². The average molecular weight is 826 g/mol. The van der Waals surface area contributed by atoms with E-state index in [0.29, 0.717) is 28.6 Å². The molecule has 4 fully saturated rings. The van der Waals surface area contributed by atoms with E-state index in [1.54, 1.807) is 12.3 Å². The van der Waals surface area contributed by atoms with Crippen LogP contribution in [-0.2, 0) is 42.7 Å². The molecule has 1 aromatic carbocycles. The van der Waals surface area contributed by atoms with Gasteiger partial charge in [0.25, 0.3) is 5.91 Å². The fourth-order valence-electron chi connectivity index (χ4n) is 9.57. The number of fused-ring (bicyclic) bond motifs is 1. The number of likely N-dealkylation sites (tertiary alicyclic amines) is 1. The number of hydrogen-bond donors (Lipinski definition) is 3. The van der Waals surface area contributed by atoms with Crippen molar-refractivity contribution in [3.8, 4) is 11.3 Å². The lowest BCUT2D eigenvalue weighted by Gasteiger charge is -2.33. The van der Waals surface area contributed by atoms with Crippen LogP contribution < -0.4 is 16.0 Å². The van der Waals surface area contributed by atoms with Crippen molar-refractivity contribution >= 4 is 35.3 Å². The Morgan fingerprint density at radius 2 is 1.71 bits per heavy atom. The molecular weight excluding hydrogens is 773 g/mol. The Hall–Kier alpha value is -4.73. The molecule has 0 spiro atoms. The molecule has 2 saturated carbocycles. The number of rotatable bonds is 14. The number of amides is 3. The van der Waals surface area contributed by atoms with E-state index in [-0.39, 0.29) is 37.1 Å². The van der Waals surface area contributed by atoms with Gasteiger partial charge in [0.05, 0.1) is 29.3 Å². The van der Waals surface area contributed by atoms with Crippen molar-refractivity contribution in [1.82, 2.24) is 50.0 Å². The van der Waals surface area contributed by atoms with Gasteiger partial charge < -0.3 is 20.4 Å². The first-order chi connectivity index (χ1) is 28.6. The van der Waals surface area contributed by atoms with Crippen molar-refractivity contribution in [2.45, 2.75) is 121 Å². The Labute approximate surface area is 348 Å². The lowest BCUT2D eigenvalue weighted by molar-refractivity contribution is -0.136. The Morgan fingerprint density at radius 3 is 2.49 bits per heavy atom. The van der Waals surface area contributed by atoms with Gasteiger partial charge in [0.15, 0.2) is 0 Å². The van der Waals surface area contributed by atoms with Gasteiger partial charge in [-0.25, -0.2) is 14.4 Å². The van der Waals surface area contributed by atoms with E-state index in [4.69, 9.17) is 16.6 Å². The summed E-state index contributed by atoms with van der Waals surface area (Å²) in [7, 11) is 1.99. The summed E-state index contributed by atoms with van der Waals surface area (Å²) >= 11 is 6.60. The molecule has 2 saturated heterocycles. The van der Waals surface area contributed by atoms with E-state index in [0.717, 1.165) is 112 Å². The molecule has 14 nitrogen and oxygen atoms in total. The number of benzene rings is 1. The highest BCUT2D eigenvalue weighted by molar-refractivity contribution is 6.33. The maximum Gasteiger partial charge on any atom is 0.255 e. The molecule has 0 radical (unpaired) electrons. The number of hydrogen-bond acceptors (Lipinski definition) is 10. The van der Waals surface area contributed by atoms with E-state index in [1.165, 1.54) is 35.1 Å². The van der Waals surface area contributed by atoms with Crippen LogP contribution in [0.25, 0.3) is 11.3 Å². The van der Waals surface area contributed by atoms with Crippen LogP contribution in [0.15, 0.2) is 36.9 Å². The molecule has 3 aromatic heterocycles. The smallest absolute Gasteiger partial charge is 0.255 e. The summed E-state index contributed by atoms with van der Waals surface area (Å²) in [4.78, 5) is 50.9. The van der Waals surface area contributed by atoms with Crippen molar-refractivity contribution < 1.29 is 18.8 Å². The summed E-state index contributed by atoms with van der Waals surface area (Å²) in [5.74, 6) is -0.0431. The van der Waals surface area contributed by atoms with E-state index in [9.17, 15) is 18.8 Å². The predicted octanol–water partition coefficient (Wildman–Crippen LogP) is 5.36. The lowest BCUT2D eigenvalue weighted by Crippen LogP contribution is -2.52. The van der Waals surface area contributed by atoms with Crippen molar-refractivity contribution in [3.05, 3.63) is 75.7 Å². The second-order valence-corrected chi connectivity index (χ2v) is 17.6. The van der Waals surface area contributed by atoms with Gasteiger partial charge in [0, 0.05) is 73.8 Å². The molecule has 2 aliphatic carbocycles. The average Bonchev–Trinajstić information content (AvgIpc) is 3.68. The zero-order chi connectivity index (χ0) is 40.6. The van der Waals surface area contributed by atoms with Gasteiger partial charge in [-0.2, -0.15) is 10.2 Å². The zero-order valence-corrected chi connectivity index (χ0v) is 34.4. The fourth-order valence-corrected chi connectivity index (χ4v) is 9.76. The minimum Gasteiger partial charge on any atom is -0.351 e. The number of imide groups is 1. The molecule has 9 rings (SSSR count). The Bertz CT molecular complexity index is 2210. The van der Waals surface area contributed by atoms with Crippen LogP contribution in [0.5, 0.6) is 0 Å². The fraction of sp³-hybridized carbons (Fsp3) is 0.558. The Kier molecular flexibility index (Phi) is 11.5. The highest BCUT2D eigenvalue weighted by Crippen LogP contribution is 2.39. The highest BCUT2D eigenvalue weighted by atomic mass is 35.5. The maximum atomic E-state index is 14.8. The number of aromatic nitrogens is 6. The molecule has 1 atom stereocenters. The second kappa shape index (κ2) is 17.1. The number of nitrogens with one attached hydrogen (secondary N) is 3. The number of carbonyl (C=O) groups is 3. The van der Waals surface area contributed by atoms with Crippen LogP contribution in [0.3, 0.4) is 0 Å². The Balaban J connectivity index is 0.694. The summed E-state index contributed by atoms with van der Waals surface area (Å²) in [6.07, 6.45) is 18.6. The van der Waals surface area contributed by atoms with Gasteiger partial charge >= 0.3 is 0 Å². The summed E-state index contributed by atoms with van der Waals surface area (Å²) < 4.78 is 18.8. The summed E-state index contributed by atoms with van der Waals surface area (Å²) in [6.45, 7) is 4.64. The largest absolute Gasteiger partial charge is 0.351 e. The monoisotopic (exact) mass is 825 g/mol. The number of anilines is 1. The van der Waals surface area contributed by atoms with Gasteiger partial charge in [-0.15, -0.1) is 0 Å². The van der Waals surface area contributed by atoms with Gasteiger partial charge in [-0.1, -0.05) is 11.6 Å². The molecule has 0 bridgehead atoms. The van der Waals surface area contributed by atoms with Crippen LogP contribution in [0.1, 0.15) is 109 Å². The summed E-state index contributed by atoms with van der Waals surface area (Å²) in [5.41, 5.74) is 6.16. The molecule has 59 heavy (non-hydrogen) atoms. The topological polar surface area (TPSA) is 155 Å². The first kappa shape index (κ1) is 39.7. The third-order valence-corrected chi connectivity index (χ3v) is 13.4. The number of piperidine rings is 2. The van der Waals surface area contributed by atoms with E-state index in [1.807, 2.05) is 28.8 Å². The van der Waals surface area contributed by atoms with Crippen LogP contribution >= 0.6 is 11.6 Å². The standard InChI is InChI=1S/C43H53ClFN11O3/c1-53-38(17-26-3-4-26)34(22-48-53)40-36(44)23-47-43(52-40)50-31-7-5-30(6-8-31)46-20-27-21-49-55(24-27)14-2-13-54-15-11-28(12-16-54)32-18-29(45)19-33-35(32)25-56(42(33)59)37-9-10-39(57)51-41(37)58/h18-19,21-24,26,28,30-31,37,46H,2-17,20,25H2,1H3,(H,47,50,52)(H,51,57,58). The number of halogens is 2. The van der Waals surface area contributed by atoms with Crippen molar-refractivity contribution in [2.75, 3.05) is 25.0 Å². The second-order valence-electron chi connectivity index (χ2n) is 17.2. The molecule has 4 aromatic rings. The van der Waals surface area contributed by atoms with Crippen molar-refractivity contribution in [1.29, 1.82) is 0 Å². The molecule has 1 unspecified atom stereocenters. The van der Waals surface area contributed by atoms with E-state index < -0.39 is 17.8 Å². The van der Waals surface area contributed by atoms with Gasteiger partial charge in [-0.3, -0.25) is 29.1 Å². The van der Waals surface area contributed by atoms with Crippen LogP contribution in [0.4, 0.5) is 10.3 Å². The zero-order valence-electron chi connectivity index (χ0n) is 33.6. The number of nitrogens with zero attached hydrogens (tertiary/aromatic N) is 8. The third kappa shape index (κ3) is 8.92. The molecule has 5 aliphatic rings. The van der Waals surface area contributed by atoms with Crippen LogP contribution in [-0.4, -0.2) is 94.8 Å². The molecule has 3 amide bonds. The van der Waals surface area contributed by atoms with E-state index >= 15 is 0 Å². The van der Waals surface area contributed by atoms with Crippen molar-refractivity contribution in [3.63, 3.8) is 0 Å². The van der Waals surface area contributed by atoms with Crippen LogP contribution in [0, 0.1) is 11.7 Å². The SMILES string of the molecule is Cn1ncc(-c2nc(NC3CCC(NCc4cnn(CCCN5CCC(c6cc(F)cc7c6CN(C6CCC(=O)NC6=O)C7=O)CC5)c4)CC3)ncc2Cl)c1CC1CC1. The quantitative estimate of drug-likeness (QED) is 0.142. The molecular formula is C43H53ClFN11O3. The first-order valence-corrected chi connectivity index (χ1v) is 21.8. The highest BCUT2D eigenvalue weighted by Gasteiger charge is 2.41.